The Balaban J connectivity index is 0.000000671. The smallest absolute Gasteiger partial charge is 0.0230 e. The lowest BCUT2D eigenvalue weighted by Crippen LogP contribution is -1.86. The van der Waals surface area contributed by atoms with Crippen LogP contribution < -0.4 is 0 Å². The quantitative estimate of drug-likeness (QED) is 0.599. The molecule has 0 aromatic heterocycles. The van der Waals surface area contributed by atoms with Gasteiger partial charge in [0.25, 0.3) is 0 Å². The lowest BCUT2D eigenvalue weighted by molar-refractivity contribution is 1.29. The van der Waals surface area contributed by atoms with E-state index >= 15 is 0 Å². The average Bonchev–Trinajstić information content (AvgIpc) is 2.15. The van der Waals surface area contributed by atoms with Gasteiger partial charge in [0, 0.05) is 0 Å². The minimum atomic E-state index is 1.24. The monoisotopic (exact) mass is 176 g/mol. The number of rotatable bonds is 1. The summed E-state index contributed by atoms with van der Waals surface area (Å²) in [5, 5.41) is 0. The highest BCUT2D eigenvalue weighted by Gasteiger charge is 1.96. The second-order valence-corrected chi connectivity index (χ2v) is 3.00. The van der Waals surface area contributed by atoms with Gasteiger partial charge in [0.15, 0.2) is 0 Å². The second kappa shape index (κ2) is 5.58. The standard InChI is InChI=1S/C11H14.C2H6/c1-5-11-7-9(3)8(2)6-10(11)4;1-2/h5-7H,1H2,2-4H3;1-2H3. The molecule has 0 heterocycles. The fourth-order valence-corrected chi connectivity index (χ4v) is 1.20. The number of hydrogen-bond acceptors (Lipinski definition) is 0. The highest BCUT2D eigenvalue weighted by atomic mass is 14.0. The van der Waals surface area contributed by atoms with Gasteiger partial charge in [-0.15, -0.1) is 0 Å². The molecule has 13 heavy (non-hydrogen) atoms. The van der Waals surface area contributed by atoms with E-state index in [4.69, 9.17) is 0 Å². The number of benzene rings is 1. The SMILES string of the molecule is C=Cc1cc(C)c(C)cc1C.CC. The third-order valence-electron chi connectivity index (χ3n) is 2.10. The molecular weight excluding hydrogens is 156 g/mol. The Morgan fingerprint density at radius 1 is 0.923 bits per heavy atom. The summed E-state index contributed by atoms with van der Waals surface area (Å²) in [5.41, 5.74) is 5.25. The Hall–Kier alpha value is -1.04. The molecule has 0 fully saturated rings. The van der Waals surface area contributed by atoms with Crippen molar-refractivity contribution >= 4 is 6.08 Å². The van der Waals surface area contributed by atoms with Gasteiger partial charge in [-0.05, 0) is 43.0 Å². The first-order valence-electron chi connectivity index (χ1n) is 4.85. The van der Waals surface area contributed by atoms with Crippen molar-refractivity contribution in [2.75, 3.05) is 0 Å². The van der Waals surface area contributed by atoms with Gasteiger partial charge in [-0.1, -0.05) is 38.6 Å². The van der Waals surface area contributed by atoms with Gasteiger partial charge in [0.05, 0.1) is 0 Å². The summed E-state index contributed by atoms with van der Waals surface area (Å²) in [6.45, 7) is 14.1. The molecule has 0 aliphatic carbocycles. The molecule has 1 rings (SSSR count). The van der Waals surface area contributed by atoms with Crippen molar-refractivity contribution in [3.63, 3.8) is 0 Å². The third-order valence-corrected chi connectivity index (χ3v) is 2.10. The summed E-state index contributed by atoms with van der Waals surface area (Å²) in [6.07, 6.45) is 1.90. The Labute approximate surface area is 82.3 Å². The summed E-state index contributed by atoms with van der Waals surface area (Å²) in [7, 11) is 0. The molecule has 0 aliphatic heterocycles. The number of hydrogen-bond donors (Lipinski definition) is 0. The van der Waals surface area contributed by atoms with E-state index in [9.17, 15) is 0 Å². The van der Waals surface area contributed by atoms with Gasteiger partial charge >= 0.3 is 0 Å². The molecular formula is C13H20. The van der Waals surface area contributed by atoms with Crippen molar-refractivity contribution < 1.29 is 0 Å². The summed E-state index contributed by atoms with van der Waals surface area (Å²) in [5.74, 6) is 0. The van der Waals surface area contributed by atoms with E-state index < -0.39 is 0 Å². The predicted octanol–water partition coefficient (Wildman–Crippen LogP) is 4.28. The van der Waals surface area contributed by atoms with E-state index in [1.54, 1.807) is 0 Å². The van der Waals surface area contributed by atoms with Crippen molar-refractivity contribution in [2.24, 2.45) is 0 Å². The van der Waals surface area contributed by atoms with Crippen LogP contribution in [0.25, 0.3) is 6.08 Å². The molecule has 1 aromatic rings. The highest BCUT2D eigenvalue weighted by molar-refractivity contribution is 5.54. The molecule has 0 radical (unpaired) electrons. The van der Waals surface area contributed by atoms with Crippen LogP contribution >= 0.6 is 0 Å². The zero-order valence-corrected chi connectivity index (χ0v) is 9.44. The van der Waals surface area contributed by atoms with E-state index in [2.05, 4.69) is 39.5 Å². The maximum atomic E-state index is 3.76. The molecule has 0 aliphatic rings. The predicted molar refractivity (Wildman–Crippen MR) is 62.1 cm³/mol. The van der Waals surface area contributed by atoms with Gasteiger partial charge in [-0.3, -0.25) is 0 Å². The topological polar surface area (TPSA) is 0 Å². The van der Waals surface area contributed by atoms with Gasteiger partial charge in [0.2, 0.25) is 0 Å². The van der Waals surface area contributed by atoms with E-state index in [0.29, 0.717) is 0 Å². The zero-order valence-electron chi connectivity index (χ0n) is 9.44. The number of aryl methyl sites for hydroxylation is 3. The first kappa shape index (κ1) is 12.0. The average molecular weight is 176 g/mol. The molecule has 1 aromatic carbocycles. The highest BCUT2D eigenvalue weighted by Crippen LogP contribution is 2.15. The van der Waals surface area contributed by atoms with Gasteiger partial charge in [-0.25, -0.2) is 0 Å². The van der Waals surface area contributed by atoms with Crippen LogP contribution in [-0.4, -0.2) is 0 Å². The van der Waals surface area contributed by atoms with Gasteiger partial charge in [-0.2, -0.15) is 0 Å². The van der Waals surface area contributed by atoms with Crippen molar-refractivity contribution in [3.05, 3.63) is 41.0 Å². The third kappa shape index (κ3) is 3.06. The van der Waals surface area contributed by atoms with Crippen molar-refractivity contribution in [2.45, 2.75) is 34.6 Å². The van der Waals surface area contributed by atoms with Gasteiger partial charge < -0.3 is 0 Å². The minimum absolute atomic E-state index is 1.24. The molecule has 0 bridgehead atoms. The van der Waals surface area contributed by atoms with Crippen LogP contribution in [0.1, 0.15) is 36.1 Å². The fourth-order valence-electron chi connectivity index (χ4n) is 1.20. The van der Waals surface area contributed by atoms with Crippen LogP contribution in [0.4, 0.5) is 0 Å². The van der Waals surface area contributed by atoms with E-state index in [1.165, 1.54) is 22.3 Å². The van der Waals surface area contributed by atoms with Crippen LogP contribution in [-0.2, 0) is 0 Å². The lowest BCUT2D eigenvalue weighted by atomic mass is 10.0. The van der Waals surface area contributed by atoms with Crippen LogP contribution in [0.2, 0.25) is 0 Å². The van der Waals surface area contributed by atoms with Crippen molar-refractivity contribution in [1.82, 2.24) is 0 Å². The largest absolute Gasteiger partial charge is 0.0985 e. The van der Waals surface area contributed by atoms with E-state index in [0.717, 1.165) is 0 Å². The molecule has 72 valence electrons. The Morgan fingerprint density at radius 3 is 1.85 bits per heavy atom. The first-order chi connectivity index (χ1) is 6.15. The fraction of sp³-hybridized carbons (Fsp3) is 0.385. The van der Waals surface area contributed by atoms with Crippen LogP contribution in [0, 0.1) is 20.8 Å². The molecule has 0 atom stereocenters. The first-order valence-corrected chi connectivity index (χ1v) is 4.85. The maximum Gasteiger partial charge on any atom is -0.0230 e. The summed E-state index contributed by atoms with van der Waals surface area (Å²) in [6, 6.07) is 4.38. The second-order valence-electron chi connectivity index (χ2n) is 3.00. The molecule has 0 spiro atoms. The molecule has 0 saturated carbocycles. The zero-order chi connectivity index (χ0) is 10.4. The maximum absolute atomic E-state index is 3.76. The van der Waals surface area contributed by atoms with E-state index in [1.807, 2.05) is 19.9 Å². The molecule has 0 saturated heterocycles. The van der Waals surface area contributed by atoms with Crippen LogP contribution in [0.15, 0.2) is 18.7 Å². The summed E-state index contributed by atoms with van der Waals surface area (Å²) in [4.78, 5) is 0. The van der Waals surface area contributed by atoms with E-state index in [-0.39, 0.29) is 0 Å². The Morgan fingerprint density at radius 2 is 1.38 bits per heavy atom. The molecule has 0 amide bonds. The van der Waals surface area contributed by atoms with Crippen LogP contribution in [0.3, 0.4) is 0 Å². The van der Waals surface area contributed by atoms with Crippen molar-refractivity contribution in [1.29, 1.82) is 0 Å². The summed E-state index contributed by atoms with van der Waals surface area (Å²) < 4.78 is 0. The minimum Gasteiger partial charge on any atom is -0.0985 e. The lowest BCUT2D eigenvalue weighted by Gasteiger charge is -2.04. The summed E-state index contributed by atoms with van der Waals surface area (Å²) >= 11 is 0. The molecule has 0 N–H and O–H groups in total. The van der Waals surface area contributed by atoms with Gasteiger partial charge in [0.1, 0.15) is 0 Å². The normalized spacial score (nSPS) is 8.69. The van der Waals surface area contributed by atoms with Crippen molar-refractivity contribution in [3.8, 4) is 0 Å². The van der Waals surface area contributed by atoms with Crippen LogP contribution in [0.5, 0.6) is 0 Å². The molecule has 0 unspecified atom stereocenters. The Bertz CT molecular complexity index is 282. The molecule has 0 nitrogen and oxygen atoms in total. The molecule has 0 heteroatoms. The Kier molecular flexibility index (Phi) is 5.13.